The van der Waals surface area contributed by atoms with Crippen LogP contribution in [0.1, 0.15) is 16.8 Å². The number of aromatic nitrogens is 4. The molecule has 3 heterocycles. The van der Waals surface area contributed by atoms with Crippen LogP contribution >= 0.6 is 0 Å². The van der Waals surface area contributed by atoms with Gasteiger partial charge in [-0.15, -0.1) is 0 Å². The van der Waals surface area contributed by atoms with Gasteiger partial charge in [-0.05, 0) is 31.0 Å². The van der Waals surface area contributed by atoms with Crippen LogP contribution in [0.15, 0.2) is 48.8 Å². The Labute approximate surface area is 165 Å². The molecule has 1 N–H and O–H groups in total. The van der Waals surface area contributed by atoms with E-state index in [4.69, 9.17) is 4.98 Å². The fraction of sp³-hybridized carbons (Fsp3) is 0.333. The number of piperazine rings is 1. The molecule has 1 fully saturated rings. The molecule has 4 rings (SSSR count). The van der Waals surface area contributed by atoms with Gasteiger partial charge in [0.15, 0.2) is 0 Å². The number of hydrogen-bond donors (Lipinski definition) is 1. The van der Waals surface area contributed by atoms with Crippen molar-refractivity contribution < 1.29 is 0 Å². The van der Waals surface area contributed by atoms with Crippen molar-refractivity contribution in [1.29, 1.82) is 0 Å². The Bertz CT molecular complexity index is 921. The average molecular weight is 375 g/mol. The van der Waals surface area contributed by atoms with E-state index >= 15 is 0 Å². The second kappa shape index (κ2) is 8.21. The number of nitrogens with one attached hydrogen (secondary N) is 1. The van der Waals surface area contributed by atoms with Gasteiger partial charge in [0.1, 0.15) is 5.82 Å². The van der Waals surface area contributed by atoms with Crippen LogP contribution in [0.3, 0.4) is 0 Å². The minimum Gasteiger partial charge on any atom is -0.366 e. The van der Waals surface area contributed by atoms with Crippen LogP contribution in [0, 0.1) is 13.8 Å². The van der Waals surface area contributed by atoms with Gasteiger partial charge in [-0.25, -0.2) is 15.0 Å². The molecule has 1 aliphatic rings. The molecule has 7 nitrogen and oxygen atoms in total. The van der Waals surface area contributed by atoms with Gasteiger partial charge in [-0.2, -0.15) is 4.98 Å². The van der Waals surface area contributed by atoms with Crippen LogP contribution in [0.5, 0.6) is 0 Å². The molecule has 0 radical (unpaired) electrons. The topological polar surface area (TPSA) is 70.1 Å². The number of anilines is 3. The largest absolute Gasteiger partial charge is 0.366 e. The summed E-state index contributed by atoms with van der Waals surface area (Å²) < 4.78 is 0. The van der Waals surface area contributed by atoms with E-state index in [9.17, 15) is 0 Å². The van der Waals surface area contributed by atoms with Crippen LogP contribution in [0.25, 0.3) is 0 Å². The molecule has 1 saturated heterocycles. The predicted octanol–water partition coefficient (Wildman–Crippen LogP) is 2.82. The zero-order chi connectivity index (χ0) is 19.3. The van der Waals surface area contributed by atoms with Gasteiger partial charge in [0, 0.05) is 56.9 Å². The SMILES string of the molecule is Cc1cc(NCc2ccccc2C)nc(N2CCN(c3ncccn3)CC2)n1. The summed E-state index contributed by atoms with van der Waals surface area (Å²) in [7, 11) is 0. The Morgan fingerprint density at radius 1 is 0.857 bits per heavy atom. The Morgan fingerprint density at radius 3 is 2.25 bits per heavy atom. The smallest absolute Gasteiger partial charge is 0.227 e. The van der Waals surface area contributed by atoms with Crippen LogP contribution < -0.4 is 15.1 Å². The molecule has 3 aromatic rings. The van der Waals surface area contributed by atoms with Crippen LogP contribution in [-0.4, -0.2) is 46.1 Å². The monoisotopic (exact) mass is 375 g/mol. The Balaban J connectivity index is 1.42. The first-order valence-corrected chi connectivity index (χ1v) is 9.60. The van der Waals surface area contributed by atoms with Crippen molar-refractivity contribution >= 4 is 17.7 Å². The summed E-state index contributed by atoms with van der Waals surface area (Å²) in [6, 6.07) is 12.2. The van der Waals surface area contributed by atoms with Crippen molar-refractivity contribution in [2.24, 2.45) is 0 Å². The van der Waals surface area contributed by atoms with Crippen LogP contribution in [-0.2, 0) is 6.54 Å². The van der Waals surface area contributed by atoms with Crippen molar-refractivity contribution in [2.75, 3.05) is 41.3 Å². The summed E-state index contributed by atoms with van der Waals surface area (Å²) in [5.74, 6) is 2.42. The molecule has 0 saturated carbocycles. The molecule has 2 aromatic heterocycles. The lowest BCUT2D eigenvalue weighted by Gasteiger charge is -2.34. The van der Waals surface area contributed by atoms with Crippen molar-refractivity contribution in [3.8, 4) is 0 Å². The molecule has 0 aliphatic carbocycles. The highest BCUT2D eigenvalue weighted by molar-refractivity contribution is 5.46. The number of hydrogen-bond acceptors (Lipinski definition) is 7. The lowest BCUT2D eigenvalue weighted by molar-refractivity contribution is 0.627. The molecular weight excluding hydrogens is 350 g/mol. The third kappa shape index (κ3) is 4.19. The number of rotatable bonds is 5. The molecule has 0 amide bonds. The average Bonchev–Trinajstić information content (AvgIpc) is 2.74. The summed E-state index contributed by atoms with van der Waals surface area (Å²) in [6.07, 6.45) is 3.57. The first kappa shape index (κ1) is 18.2. The molecule has 144 valence electrons. The highest BCUT2D eigenvalue weighted by Gasteiger charge is 2.21. The maximum absolute atomic E-state index is 4.75. The van der Waals surface area contributed by atoms with E-state index in [1.807, 2.05) is 19.1 Å². The fourth-order valence-corrected chi connectivity index (χ4v) is 3.34. The second-order valence-corrected chi connectivity index (χ2v) is 7.00. The summed E-state index contributed by atoms with van der Waals surface area (Å²) >= 11 is 0. The van der Waals surface area contributed by atoms with Gasteiger partial charge in [-0.3, -0.25) is 0 Å². The minimum atomic E-state index is 0.752. The predicted molar refractivity (Wildman–Crippen MR) is 112 cm³/mol. The van der Waals surface area contributed by atoms with E-state index in [1.54, 1.807) is 12.4 Å². The maximum Gasteiger partial charge on any atom is 0.227 e. The van der Waals surface area contributed by atoms with Gasteiger partial charge < -0.3 is 15.1 Å². The van der Waals surface area contributed by atoms with E-state index in [0.717, 1.165) is 56.1 Å². The lowest BCUT2D eigenvalue weighted by Crippen LogP contribution is -2.47. The molecule has 0 spiro atoms. The standard InChI is InChI=1S/C21H25N7/c1-16-6-3-4-7-18(16)15-24-19-14-17(2)25-21(26-19)28-12-10-27(11-13-28)20-22-8-5-9-23-20/h3-9,14H,10-13,15H2,1-2H3,(H,24,25,26). The quantitative estimate of drug-likeness (QED) is 0.735. The molecular formula is C21H25N7. The normalized spacial score (nSPS) is 14.2. The van der Waals surface area contributed by atoms with Gasteiger partial charge in [-0.1, -0.05) is 24.3 Å². The minimum absolute atomic E-state index is 0.752. The highest BCUT2D eigenvalue weighted by Crippen LogP contribution is 2.18. The second-order valence-electron chi connectivity index (χ2n) is 7.00. The maximum atomic E-state index is 4.75. The van der Waals surface area contributed by atoms with Crippen molar-refractivity contribution in [2.45, 2.75) is 20.4 Å². The van der Waals surface area contributed by atoms with Gasteiger partial charge in [0.25, 0.3) is 0 Å². The van der Waals surface area contributed by atoms with E-state index in [-0.39, 0.29) is 0 Å². The fourth-order valence-electron chi connectivity index (χ4n) is 3.34. The summed E-state index contributed by atoms with van der Waals surface area (Å²) in [5.41, 5.74) is 3.52. The van der Waals surface area contributed by atoms with Crippen molar-refractivity contribution in [3.05, 3.63) is 65.6 Å². The van der Waals surface area contributed by atoms with E-state index in [0.29, 0.717) is 0 Å². The van der Waals surface area contributed by atoms with Gasteiger partial charge in [0.05, 0.1) is 0 Å². The Hall–Kier alpha value is -3.22. The summed E-state index contributed by atoms with van der Waals surface area (Å²) in [6.45, 7) is 8.29. The zero-order valence-electron chi connectivity index (χ0n) is 16.3. The third-order valence-corrected chi connectivity index (χ3v) is 4.96. The van der Waals surface area contributed by atoms with Crippen molar-refractivity contribution in [1.82, 2.24) is 19.9 Å². The molecule has 0 bridgehead atoms. The number of nitrogens with zero attached hydrogens (tertiary/aromatic N) is 6. The Kier molecular flexibility index (Phi) is 5.32. The first-order chi connectivity index (χ1) is 13.7. The van der Waals surface area contributed by atoms with Gasteiger partial charge in [0.2, 0.25) is 11.9 Å². The van der Waals surface area contributed by atoms with E-state index in [1.165, 1.54) is 11.1 Å². The molecule has 28 heavy (non-hydrogen) atoms. The van der Waals surface area contributed by atoms with E-state index < -0.39 is 0 Å². The molecule has 0 atom stereocenters. The molecule has 0 unspecified atom stereocenters. The lowest BCUT2D eigenvalue weighted by atomic mass is 10.1. The van der Waals surface area contributed by atoms with Crippen LogP contribution in [0.4, 0.5) is 17.7 Å². The third-order valence-electron chi connectivity index (χ3n) is 4.96. The molecule has 1 aromatic carbocycles. The first-order valence-electron chi connectivity index (χ1n) is 9.60. The van der Waals surface area contributed by atoms with Crippen LogP contribution in [0.2, 0.25) is 0 Å². The molecule has 1 aliphatic heterocycles. The van der Waals surface area contributed by atoms with E-state index in [2.05, 4.69) is 61.3 Å². The summed E-state index contributed by atoms with van der Waals surface area (Å²) in [5, 5.41) is 3.45. The molecule has 7 heteroatoms. The van der Waals surface area contributed by atoms with Gasteiger partial charge >= 0.3 is 0 Å². The zero-order valence-corrected chi connectivity index (χ0v) is 16.3. The van der Waals surface area contributed by atoms with Crippen molar-refractivity contribution in [3.63, 3.8) is 0 Å². The Morgan fingerprint density at radius 2 is 1.54 bits per heavy atom. The number of aryl methyl sites for hydroxylation is 2. The summed E-state index contributed by atoms with van der Waals surface area (Å²) in [4.78, 5) is 22.5. The number of benzene rings is 1. The highest BCUT2D eigenvalue weighted by atomic mass is 15.4.